The van der Waals surface area contributed by atoms with E-state index in [1.165, 1.54) is 12.0 Å². The van der Waals surface area contributed by atoms with Crippen molar-refractivity contribution in [3.8, 4) is 11.5 Å². The fraction of sp³-hybridized carbons (Fsp3) is 0.348. The lowest BCUT2D eigenvalue weighted by atomic mass is 9.81. The van der Waals surface area contributed by atoms with Crippen molar-refractivity contribution in [2.24, 2.45) is 23.7 Å². The zero-order valence-electron chi connectivity index (χ0n) is 16.5. The molecule has 0 aromatic heterocycles. The van der Waals surface area contributed by atoms with Crippen LogP contribution in [0.5, 0.6) is 11.5 Å². The van der Waals surface area contributed by atoms with Gasteiger partial charge >= 0.3 is 5.97 Å². The maximum atomic E-state index is 13.2. The van der Waals surface area contributed by atoms with Crippen molar-refractivity contribution in [3.63, 3.8) is 0 Å². The Morgan fingerprint density at radius 3 is 2.19 bits per heavy atom. The van der Waals surface area contributed by atoms with Crippen molar-refractivity contribution < 1.29 is 23.9 Å². The summed E-state index contributed by atoms with van der Waals surface area (Å²) in [5, 5.41) is 0. The summed E-state index contributed by atoms with van der Waals surface area (Å²) in [6.07, 6.45) is 0.880. The Labute approximate surface area is 196 Å². The van der Waals surface area contributed by atoms with Crippen molar-refractivity contribution in [1.82, 2.24) is 0 Å². The van der Waals surface area contributed by atoms with E-state index in [9.17, 15) is 14.4 Å². The number of carbonyl (C=O) groups is 3. The molecule has 31 heavy (non-hydrogen) atoms. The molecule has 2 saturated carbocycles. The van der Waals surface area contributed by atoms with Crippen LogP contribution in [0.1, 0.15) is 16.8 Å². The van der Waals surface area contributed by atoms with Crippen LogP contribution in [0.2, 0.25) is 0 Å². The molecule has 1 heterocycles. The second-order valence-corrected chi connectivity index (χ2v) is 10.2. The van der Waals surface area contributed by atoms with Gasteiger partial charge in [0, 0.05) is 15.7 Å². The van der Waals surface area contributed by atoms with Crippen LogP contribution in [0.25, 0.3) is 0 Å². The Hall–Kier alpha value is -2.19. The largest absolute Gasteiger partial charge is 0.497 e. The first kappa shape index (κ1) is 20.7. The maximum absolute atomic E-state index is 13.2. The summed E-state index contributed by atoms with van der Waals surface area (Å²) in [6, 6.07) is 13.2. The third-order valence-electron chi connectivity index (χ3n) is 6.58. The highest BCUT2D eigenvalue weighted by Crippen LogP contribution is 2.60. The van der Waals surface area contributed by atoms with E-state index < -0.39 is 5.97 Å². The molecule has 2 aliphatic carbocycles. The molecular formula is C23H19Br2NO5. The van der Waals surface area contributed by atoms with Gasteiger partial charge in [0.1, 0.15) is 11.5 Å². The number of rotatable bonds is 4. The first-order valence-corrected chi connectivity index (χ1v) is 11.9. The van der Waals surface area contributed by atoms with Crippen LogP contribution in [0.4, 0.5) is 5.69 Å². The maximum Gasteiger partial charge on any atom is 0.343 e. The second-order valence-electron chi connectivity index (χ2n) is 8.13. The average Bonchev–Trinajstić information content (AvgIpc) is 3.38. The summed E-state index contributed by atoms with van der Waals surface area (Å²) in [4.78, 5) is 40.6. The van der Waals surface area contributed by atoms with Gasteiger partial charge in [-0.05, 0) is 48.6 Å². The molecule has 8 heteroatoms. The number of benzene rings is 2. The number of anilines is 1. The number of nitrogens with zero attached hydrogens (tertiary/aromatic N) is 1. The van der Waals surface area contributed by atoms with Crippen LogP contribution >= 0.6 is 31.9 Å². The van der Waals surface area contributed by atoms with Crippen LogP contribution in [-0.4, -0.2) is 34.5 Å². The molecule has 6 nitrogen and oxygen atoms in total. The number of ether oxygens (including phenoxy) is 2. The quantitative estimate of drug-likeness (QED) is 0.248. The van der Waals surface area contributed by atoms with Gasteiger partial charge in [0.15, 0.2) is 0 Å². The summed E-state index contributed by atoms with van der Waals surface area (Å²) < 4.78 is 10.6. The average molecular weight is 549 g/mol. The van der Waals surface area contributed by atoms with E-state index in [0.29, 0.717) is 17.0 Å². The lowest BCUT2D eigenvalue weighted by Gasteiger charge is -2.28. The number of carbonyl (C=O) groups excluding carboxylic acids is 3. The van der Waals surface area contributed by atoms with Crippen molar-refractivity contribution in [2.45, 2.75) is 16.1 Å². The molecule has 0 radical (unpaired) electrons. The zero-order chi connectivity index (χ0) is 21.9. The van der Waals surface area contributed by atoms with Crippen LogP contribution in [0.3, 0.4) is 0 Å². The van der Waals surface area contributed by atoms with Crippen LogP contribution in [0.15, 0.2) is 48.5 Å². The fourth-order valence-corrected chi connectivity index (χ4v) is 7.08. The van der Waals surface area contributed by atoms with Gasteiger partial charge in [0.25, 0.3) is 0 Å². The molecule has 1 saturated heterocycles. The smallest absolute Gasteiger partial charge is 0.343 e. The number of imide groups is 1. The monoisotopic (exact) mass is 547 g/mol. The van der Waals surface area contributed by atoms with Gasteiger partial charge in [-0.3, -0.25) is 9.59 Å². The third-order valence-corrected chi connectivity index (χ3v) is 9.79. The summed E-state index contributed by atoms with van der Waals surface area (Å²) >= 11 is 7.39. The highest BCUT2D eigenvalue weighted by atomic mass is 79.9. The van der Waals surface area contributed by atoms with Crippen LogP contribution in [-0.2, 0) is 9.59 Å². The van der Waals surface area contributed by atoms with E-state index in [1.807, 2.05) is 0 Å². The molecule has 0 spiro atoms. The van der Waals surface area contributed by atoms with Crippen LogP contribution in [0, 0.1) is 23.7 Å². The highest BCUT2D eigenvalue weighted by Gasteiger charge is 2.66. The molecule has 0 N–H and O–H groups in total. The number of hydrogen-bond acceptors (Lipinski definition) is 5. The number of methoxy groups -OCH3 is 1. The number of fused-ring (bicyclic) bond motifs is 5. The van der Waals surface area contributed by atoms with Crippen LogP contribution < -0.4 is 14.4 Å². The molecular weight excluding hydrogens is 530 g/mol. The number of esters is 1. The Kier molecular flexibility index (Phi) is 5.17. The lowest BCUT2D eigenvalue weighted by Crippen LogP contribution is -2.37. The van der Waals surface area contributed by atoms with E-state index in [2.05, 4.69) is 31.9 Å². The van der Waals surface area contributed by atoms with Gasteiger partial charge < -0.3 is 9.47 Å². The van der Waals surface area contributed by atoms with E-state index in [0.717, 1.165) is 6.42 Å². The zero-order valence-corrected chi connectivity index (χ0v) is 19.7. The Morgan fingerprint density at radius 2 is 1.55 bits per heavy atom. The minimum Gasteiger partial charge on any atom is -0.497 e. The topological polar surface area (TPSA) is 72.9 Å². The number of alkyl halides is 2. The molecule has 2 bridgehead atoms. The minimum atomic E-state index is -0.547. The molecule has 3 fully saturated rings. The first-order valence-electron chi connectivity index (χ1n) is 10.0. The number of amides is 2. The van der Waals surface area contributed by atoms with Gasteiger partial charge in [-0.2, -0.15) is 0 Å². The van der Waals surface area contributed by atoms with Crippen molar-refractivity contribution in [2.75, 3.05) is 12.0 Å². The summed E-state index contributed by atoms with van der Waals surface area (Å²) in [7, 11) is 1.52. The highest BCUT2D eigenvalue weighted by molar-refractivity contribution is 9.12. The molecule has 3 aliphatic rings. The fourth-order valence-electron chi connectivity index (χ4n) is 5.21. The number of hydrogen-bond donors (Lipinski definition) is 0. The van der Waals surface area contributed by atoms with Gasteiger partial charge in [-0.25, -0.2) is 9.69 Å². The number of halogens is 2. The van der Waals surface area contributed by atoms with Gasteiger partial charge in [0.2, 0.25) is 11.8 Å². The normalized spacial score (nSPS) is 31.1. The Morgan fingerprint density at radius 1 is 0.935 bits per heavy atom. The van der Waals surface area contributed by atoms with Crippen molar-refractivity contribution in [3.05, 3.63) is 54.1 Å². The van der Waals surface area contributed by atoms with Crippen molar-refractivity contribution in [1.29, 1.82) is 0 Å². The predicted octanol–water partition coefficient (Wildman–Crippen LogP) is 4.20. The lowest BCUT2D eigenvalue weighted by molar-refractivity contribution is -0.123. The molecule has 2 aromatic rings. The standard InChI is InChI=1S/C23H19Br2NO5/c1-30-13-6-2-4-11(8-13)23(29)31-14-7-3-5-12(9-14)26-21(27)17-15-10-16(18(17)22(26)28)20(25)19(15)24/h2-9,15-20H,10H2,1H3/t15-,16-,17-,18+,19-,20+/m0/s1. The van der Waals surface area contributed by atoms with E-state index in [4.69, 9.17) is 9.47 Å². The molecule has 1 aliphatic heterocycles. The third kappa shape index (κ3) is 3.22. The molecule has 2 amide bonds. The van der Waals surface area contributed by atoms with Gasteiger partial charge in [0.05, 0.1) is 30.2 Å². The van der Waals surface area contributed by atoms with E-state index in [1.54, 1.807) is 48.5 Å². The summed E-state index contributed by atoms with van der Waals surface area (Å²) in [6.45, 7) is 0. The predicted molar refractivity (Wildman–Crippen MR) is 121 cm³/mol. The molecule has 160 valence electrons. The van der Waals surface area contributed by atoms with Gasteiger partial charge in [-0.15, -0.1) is 0 Å². The SMILES string of the molecule is COc1cccc(C(=O)Oc2cccc(N3C(=O)[C@@H]4[C@@H]5C[C@H]([C@H](Br)[C@@H]5Br)[C@@H]4C3=O)c2)c1. The molecule has 5 rings (SSSR count). The molecule has 0 unspecified atom stereocenters. The Bertz CT molecular complexity index is 1060. The van der Waals surface area contributed by atoms with Gasteiger partial charge in [-0.1, -0.05) is 44.0 Å². The molecule has 2 aromatic carbocycles. The summed E-state index contributed by atoms with van der Waals surface area (Å²) in [5.41, 5.74) is 0.771. The van der Waals surface area contributed by atoms with E-state index in [-0.39, 0.29) is 50.9 Å². The van der Waals surface area contributed by atoms with Crippen molar-refractivity contribution >= 4 is 55.3 Å². The first-order chi connectivity index (χ1) is 14.9. The Balaban J connectivity index is 1.39. The minimum absolute atomic E-state index is 0.148. The molecule has 6 atom stereocenters. The second kappa shape index (κ2) is 7.74. The summed E-state index contributed by atoms with van der Waals surface area (Å²) in [5.74, 6) is -0.350. The van der Waals surface area contributed by atoms with E-state index >= 15 is 0 Å².